The number of rotatable bonds is 6. The molecule has 0 saturated heterocycles. The summed E-state index contributed by atoms with van der Waals surface area (Å²) in [7, 11) is 0. The number of terminal acetylenes is 1. The molecule has 0 aliphatic carbocycles. The summed E-state index contributed by atoms with van der Waals surface area (Å²) in [6.07, 6.45) is 6.85. The van der Waals surface area contributed by atoms with Crippen molar-refractivity contribution in [3.63, 3.8) is 0 Å². The Morgan fingerprint density at radius 3 is 2.47 bits per heavy atom. The van der Waals surface area contributed by atoms with Crippen LogP contribution in [0, 0.1) is 12.3 Å². The Hall–Kier alpha value is -1.70. The van der Waals surface area contributed by atoms with Crippen LogP contribution >= 0.6 is 0 Å². The zero-order chi connectivity index (χ0) is 13.5. The molecular weight excluding hydrogens is 220 g/mol. The number of carboxylic acids is 1. The number of hydrogen-bond donors (Lipinski definition) is 2. The summed E-state index contributed by atoms with van der Waals surface area (Å²) in [5.74, 6) is 1.19. The van der Waals surface area contributed by atoms with Gasteiger partial charge in [-0.05, 0) is 20.3 Å². The highest BCUT2D eigenvalue weighted by Gasteiger charge is 2.23. The van der Waals surface area contributed by atoms with Gasteiger partial charge in [0.2, 0.25) is 0 Å². The SMILES string of the molecule is C#CCN(CC(=O)O)C(=O)NC(C)(C)CCC. The second-order valence-electron chi connectivity index (χ2n) is 4.52. The molecule has 5 heteroatoms. The minimum absolute atomic E-state index is 0.0136. The molecule has 5 nitrogen and oxygen atoms in total. The van der Waals surface area contributed by atoms with Crippen molar-refractivity contribution in [3.05, 3.63) is 0 Å². The molecule has 0 heterocycles. The molecular formula is C12H20N2O3. The van der Waals surface area contributed by atoms with E-state index in [4.69, 9.17) is 11.5 Å². The standard InChI is InChI=1S/C12H20N2O3/c1-5-7-12(3,4)13-11(17)14(8-6-2)9-10(15)16/h2H,5,7-9H2,1,3-4H3,(H,13,17)(H,15,16). The Balaban J connectivity index is 4.52. The largest absolute Gasteiger partial charge is 0.480 e. The van der Waals surface area contributed by atoms with Gasteiger partial charge in [0.05, 0.1) is 6.54 Å². The zero-order valence-electron chi connectivity index (χ0n) is 10.6. The summed E-state index contributed by atoms with van der Waals surface area (Å²) in [6.45, 7) is 5.40. The lowest BCUT2D eigenvalue weighted by atomic mass is 9.99. The maximum absolute atomic E-state index is 11.8. The van der Waals surface area contributed by atoms with E-state index in [1.807, 2.05) is 20.8 Å². The summed E-state index contributed by atoms with van der Waals surface area (Å²) < 4.78 is 0. The van der Waals surface area contributed by atoms with Gasteiger partial charge in [0.1, 0.15) is 6.54 Å². The van der Waals surface area contributed by atoms with Crippen LogP contribution in [0.2, 0.25) is 0 Å². The van der Waals surface area contributed by atoms with Crippen LogP contribution in [0.15, 0.2) is 0 Å². The van der Waals surface area contributed by atoms with Crippen molar-refractivity contribution in [2.75, 3.05) is 13.1 Å². The Kier molecular flexibility index (Phi) is 6.11. The minimum Gasteiger partial charge on any atom is -0.480 e. The average Bonchev–Trinajstić information content (AvgIpc) is 2.15. The molecule has 0 bridgehead atoms. The lowest BCUT2D eigenvalue weighted by molar-refractivity contribution is -0.137. The summed E-state index contributed by atoms with van der Waals surface area (Å²) in [4.78, 5) is 23.5. The van der Waals surface area contributed by atoms with Gasteiger partial charge in [-0.15, -0.1) is 6.42 Å². The van der Waals surface area contributed by atoms with Gasteiger partial charge < -0.3 is 15.3 Å². The van der Waals surface area contributed by atoms with Crippen molar-refractivity contribution in [3.8, 4) is 12.3 Å². The first-order valence-corrected chi connectivity index (χ1v) is 5.54. The number of aliphatic carboxylic acids is 1. The molecule has 2 amide bonds. The number of nitrogens with one attached hydrogen (secondary N) is 1. The number of nitrogens with zero attached hydrogens (tertiary/aromatic N) is 1. The van der Waals surface area contributed by atoms with E-state index in [0.29, 0.717) is 0 Å². The molecule has 0 aliphatic heterocycles. The highest BCUT2D eigenvalue weighted by atomic mass is 16.4. The molecule has 0 spiro atoms. The van der Waals surface area contributed by atoms with E-state index in [2.05, 4.69) is 11.2 Å². The van der Waals surface area contributed by atoms with Gasteiger partial charge in [-0.2, -0.15) is 0 Å². The first-order valence-electron chi connectivity index (χ1n) is 5.54. The third-order valence-electron chi connectivity index (χ3n) is 2.22. The Morgan fingerprint density at radius 2 is 2.06 bits per heavy atom. The lowest BCUT2D eigenvalue weighted by Gasteiger charge is -2.29. The van der Waals surface area contributed by atoms with E-state index in [0.717, 1.165) is 17.7 Å². The smallest absolute Gasteiger partial charge is 0.323 e. The Morgan fingerprint density at radius 1 is 1.47 bits per heavy atom. The van der Waals surface area contributed by atoms with Crippen molar-refractivity contribution >= 4 is 12.0 Å². The van der Waals surface area contributed by atoms with E-state index in [9.17, 15) is 9.59 Å². The second-order valence-corrected chi connectivity index (χ2v) is 4.52. The third kappa shape index (κ3) is 6.46. The zero-order valence-corrected chi connectivity index (χ0v) is 10.6. The number of amides is 2. The fourth-order valence-electron chi connectivity index (χ4n) is 1.53. The number of carboxylic acid groups (broad SMARTS) is 1. The van der Waals surface area contributed by atoms with Crippen LogP contribution in [-0.4, -0.2) is 40.6 Å². The molecule has 0 unspecified atom stereocenters. The summed E-state index contributed by atoms with van der Waals surface area (Å²) in [5, 5.41) is 11.4. The van der Waals surface area contributed by atoms with Crippen LogP contribution in [0.1, 0.15) is 33.6 Å². The highest BCUT2D eigenvalue weighted by Crippen LogP contribution is 2.11. The van der Waals surface area contributed by atoms with Crippen LogP contribution in [0.4, 0.5) is 4.79 Å². The van der Waals surface area contributed by atoms with Crippen molar-refractivity contribution < 1.29 is 14.7 Å². The van der Waals surface area contributed by atoms with E-state index in [1.54, 1.807) is 0 Å². The number of hydrogen-bond acceptors (Lipinski definition) is 2. The van der Waals surface area contributed by atoms with Gasteiger partial charge in [-0.3, -0.25) is 4.79 Å². The summed E-state index contributed by atoms with van der Waals surface area (Å²) in [5.41, 5.74) is -0.364. The molecule has 0 aromatic rings. The van der Waals surface area contributed by atoms with Crippen molar-refractivity contribution in [2.45, 2.75) is 39.2 Å². The van der Waals surface area contributed by atoms with Crippen LogP contribution in [0.5, 0.6) is 0 Å². The summed E-state index contributed by atoms with van der Waals surface area (Å²) in [6, 6.07) is -0.441. The molecule has 17 heavy (non-hydrogen) atoms. The van der Waals surface area contributed by atoms with Gasteiger partial charge in [-0.1, -0.05) is 19.3 Å². The molecule has 0 fully saturated rings. The fourth-order valence-corrected chi connectivity index (χ4v) is 1.53. The first kappa shape index (κ1) is 15.3. The Bertz CT molecular complexity index is 318. The van der Waals surface area contributed by atoms with E-state index in [-0.39, 0.29) is 12.1 Å². The highest BCUT2D eigenvalue weighted by molar-refractivity contribution is 5.80. The normalized spacial score (nSPS) is 10.5. The quantitative estimate of drug-likeness (QED) is 0.687. The van der Waals surface area contributed by atoms with Crippen LogP contribution in [-0.2, 0) is 4.79 Å². The molecule has 96 valence electrons. The molecule has 2 N–H and O–H groups in total. The van der Waals surface area contributed by atoms with Crippen LogP contribution in [0.25, 0.3) is 0 Å². The second kappa shape index (κ2) is 6.79. The Labute approximate surface area is 102 Å². The molecule has 0 atom stereocenters. The monoisotopic (exact) mass is 240 g/mol. The molecule has 0 rings (SSSR count). The van der Waals surface area contributed by atoms with E-state index in [1.165, 1.54) is 0 Å². The topological polar surface area (TPSA) is 69.6 Å². The lowest BCUT2D eigenvalue weighted by Crippen LogP contribution is -2.51. The van der Waals surface area contributed by atoms with Crippen molar-refractivity contribution in [1.82, 2.24) is 10.2 Å². The van der Waals surface area contributed by atoms with Gasteiger partial charge in [0.25, 0.3) is 0 Å². The fraction of sp³-hybridized carbons (Fsp3) is 0.667. The van der Waals surface area contributed by atoms with E-state index >= 15 is 0 Å². The molecule has 0 aliphatic rings. The predicted molar refractivity (Wildman–Crippen MR) is 65.6 cm³/mol. The maximum atomic E-state index is 11.8. The average molecular weight is 240 g/mol. The van der Waals surface area contributed by atoms with Crippen molar-refractivity contribution in [1.29, 1.82) is 0 Å². The first-order chi connectivity index (χ1) is 7.82. The number of carbonyl (C=O) groups excluding carboxylic acids is 1. The van der Waals surface area contributed by atoms with Gasteiger partial charge in [0.15, 0.2) is 0 Å². The molecule has 0 aromatic heterocycles. The van der Waals surface area contributed by atoms with Crippen LogP contribution < -0.4 is 5.32 Å². The maximum Gasteiger partial charge on any atom is 0.323 e. The minimum atomic E-state index is -1.08. The molecule has 0 aromatic carbocycles. The van der Waals surface area contributed by atoms with Crippen LogP contribution in [0.3, 0.4) is 0 Å². The van der Waals surface area contributed by atoms with Gasteiger partial charge in [-0.25, -0.2) is 4.79 Å². The number of urea groups is 1. The third-order valence-corrected chi connectivity index (χ3v) is 2.22. The van der Waals surface area contributed by atoms with Crippen molar-refractivity contribution in [2.24, 2.45) is 0 Å². The van der Waals surface area contributed by atoms with E-state index < -0.39 is 18.5 Å². The predicted octanol–water partition coefficient (Wildman–Crippen LogP) is 1.29. The molecule has 0 radical (unpaired) electrons. The molecule has 0 saturated carbocycles. The summed E-state index contributed by atoms with van der Waals surface area (Å²) >= 11 is 0. The van der Waals surface area contributed by atoms with Gasteiger partial charge >= 0.3 is 12.0 Å². The van der Waals surface area contributed by atoms with Gasteiger partial charge in [0, 0.05) is 5.54 Å². The number of carbonyl (C=O) groups is 2.